The Bertz CT molecular complexity index is 461. The topological polar surface area (TPSA) is 61.4 Å². The quantitative estimate of drug-likeness (QED) is 0.871. The van der Waals surface area contributed by atoms with Crippen LogP contribution in [0, 0.1) is 0 Å². The summed E-state index contributed by atoms with van der Waals surface area (Å²) in [5.74, 6) is 0.325. The van der Waals surface area contributed by atoms with Gasteiger partial charge in [0.25, 0.3) is 0 Å². The van der Waals surface area contributed by atoms with Crippen LogP contribution >= 0.6 is 0 Å². The van der Waals surface area contributed by atoms with Gasteiger partial charge in [0, 0.05) is 26.6 Å². The SMILES string of the molecule is CNC(=O)NC(=O)CCN1CC[C@@H](c2ccccc2)C1. The number of rotatable bonds is 4. The predicted molar refractivity (Wildman–Crippen MR) is 77.5 cm³/mol. The highest BCUT2D eigenvalue weighted by Crippen LogP contribution is 2.26. The van der Waals surface area contributed by atoms with Gasteiger partial charge in [-0.1, -0.05) is 30.3 Å². The van der Waals surface area contributed by atoms with E-state index in [4.69, 9.17) is 0 Å². The Morgan fingerprint density at radius 3 is 2.75 bits per heavy atom. The van der Waals surface area contributed by atoms with Crippen LogP contribution in [0.5, 0.6) is 0 Å². The Morgan fingerprint density at radius 1 is 1.30 bits per heavy atom. The molecule has 3 amide bonds. The van der Waals surface area contributed by atoms with Crippen LogP contribution in [-0.4, -0.2) is 43.5 Å². The van der Waals surface area contributed by atoms with Crippen molar-refractivity contribution in [2.24, 2.45) is 0 Å². The molecule has 0 radical (unpaired) electrons. The zero-order chi connectivity index (χ0) is 14.4. The highest BCUT2D eigenvalue weighted by atomic mass is 16.2. The van der Waals surface area contributed by atoms with Gasteiger partial charge in [-0.25, -0.2) is 4.79 Å². The summed E-state index contributed by atoms with van der Waals surface area (Å²) in [4.78, 5) is 24.8. The standard InChI is InChI=1S/C15H21N3O2/c1-16-15(20)17-14(19)8-10-18-9-7-13(11-18)12-5-3-2-4-6-12/h2-6,13H,7-11H2,1H3,(H2,16,17,19,20)/t13-/m1/s1. The number of carbonyl (C=O) groups excluding carboxylic acids is 2. The second-order valence-electron chi connectivity index (χ2n) is 5.07. The van der Waals surface area contributed by atoms with E-state index in [9.17, 15) is 9.59 Å². The normalized spacial score (nSPS) is 18.8. The molecule has 0 spiro atoms. The van der Waals surface area contributed by atoms with Gasteiger partial charge in [-0.3, -0.25) is 10.1 Å². The summed E-state index contributed by atoms with van der Waals surface area (Å²) in [5, 5.41) is 4.65. The molecule has 1 aromatic carbocycles. The third kappa shape index (κ3) is 4.06. The third-order valence-electron chi connectivity index (χ3n) is 3.68. The van der Waals surface area contributed by atoms with Gasteiger partial charge in [0.05, 0.1) is 0 Å². The number of hydrogen-bond donors (Lipinski definition) is 2. The van der Waals surface area contributed by atoms with Crippen molar-refractivity contribution < 1.29 is 9.59 Å². The van der Waals surface area contributed by atoms with Crippen molar-refractivity contribution in [3.8, 4) is 0 Å². The van der Waals surface area contributed by atoms with Gasteiger partial charge in [-0.05, 0) is 24.4 Å². The summed E-state index contributed by atoms with van der Waals surface area (Å²) in [6.45, 7) is 2.69. The molecule has 0 saturated carbocycles. The Morgan fingerprint density at radius 2 is 2.05 bits per heavy atom. The fraction of sp³-hybridized carbons (Fsp3) is 0.467. The molecule has 108 valence electrons. The van der Waals surface area contributed by atoms with Gasteiger partial charge in [0.15, 0.2) is 0 Å². The zero-order valence-electron chi connectivity index (χ0n) is 11.8. The molecule has 1 saturated heterocycles. The van der Waals surface area contributed by atoms with Crippen LogP contribution in [-0.2, 0) is 4.79 Å². The van der Waals surface area contributed by atoms with E-state index < -0.39 is 6.03 Å². The summed E-state index contributed by atoms with van der Waals surface area (Å²) >= 11 is 0. The Labute approximate surface area is 119 Å². The van der Waals surface area contributed by atoms with Crippen molar-refractivity contribution in [3.63, 3.8) is 0 Å². The van der Waals surface area contributed by atoms with Crippen LogP contribution in [0.2, 0.25) is 0 Å². The summed E-state index contributed by atoms with van der Waals surface area (Å²) in [6, 6.07) is 10.0. The average molecular weight is 275 g/mol. The van der Waals surface area contributed by atoms with Crippen LogP contribution in [0.4, 0.5) is 4.79 Å². The zero-order valence-corrected chi connectivity index (χ0v) is 11.8. The van der Waals surface area contributed by atoms with Crippen molar-refractivity contribution >= 4 is 11.9 Å². The largest absolute Gasteiger partial charge is 0.341 e. The Hall–Kier alpha value is -1.88. The monoisotopic (exact) mass is 275 g/mol. The van der Waals surface area contributed by atoms with Crippen LogP contribution in [0.3, 0.4) is 0 Å². The fourth-order valence-corrected chi connectivity index (χ4v) is 2.54. The summed E-state index contributed by atoms with van der Waals surface area (Å²) in [5.41, 5.74) is 1.37. The van der Waals surface area contributed by atoms with E-state index in [-0.39, 0.29) is 5.91 Å². The van der Waals surface area contributed by atoms with E-state index in [0.29, 0.717) is 18.9 Å². The van der Waals surface area contributed by atoms with Crippen LogP contribution < -0.4 is 10.6 Å². The molecule has 1 atom stereocenters. The number of carbonyl (C=O) groups is 2. The smallest absolute Gasteiger partial charge is 0.321 e. The summed E-state index contributed by atoms with van der Waals surface area (Å²) < 4.78 is 0. The van der Waals surface area contributed by atoms with Gasteiger partial charge < -0.3 is 10.2 Å². The predicted octanol–water partition coefficient (Wildman–Crippen LogP) is 1.32. The first-order valence-corrected chi connectivity index (χ1v) is 6.98. The molecule has 5 nitrogen and oxygen atoms in total. The highest BCUT2D eigenvalue weighted by molar-refractivity contribution is 5.94. The van der Waals surface area contributed by atoms with Crippen molar-refractivity contribution in [2.45, 2.75) is 18.8 Å². The fourth-order valence-electron chi connectivity index (χ4n) is 2.54. The molecule has 5 heteroatoms. The molecule has 1 aliphatic rings. The van der Waals surface area contributed by atoms with Gasteiger partial charge in [0.1, 0.15) is 0 Å². The number of nitrogens with one attached hydrogen (secondary N) is 2. The van der Waals surface area contributed by atoms with E-state index in [1.54, 1.807) is 0 Å². The lowest BCUT2D eigenvalue weighted by Crippen LogP contribution is -2.38. The lowest BCUT2D eigenvalue weighted by atomic mass is 9.99. The molecule has 1 aliphatic heterocycles. The number of benzene rings is 1. The molecule has 1 fully saturated rings. The Kier molecular flexibility index (Phi) is 5.12. The van der Waals surface area contributed by atoms with Crippen LogP contribution in [0.1, 0.15) is 24.3 Å². The van der Waals surface area contributed by atoms with E-state index in [0.717, 1.165) is 19.5 Å². The van der Waals surface area contributed by atoms with Gasteiger partial charge in [-0.2, -0.15) is 0 Å². The average Bonchev–Trinajstić information content (AvgIpc) is 2.95. The molecular formula is C15H21N3O2. The van der Waals surface area contributed by atoms with E-state index in [1.165, 1.54) is 12.6 Å². The van der Waals surface area contributed by atoms with Gasteiger partial charge in [-0.15, -0.1) is 0 Å². The number of urea groups is 1. The maximum absolute atomic E-state index is 11.5. The summed E-state index contributed by atoms with van der Waals surface area (Å²) in [6.07, 6.45) is 1.48. The van der Waals surface area contributed by atoms with E-state index in [2.05, 4.69) is 39.8 Å². The summed E-state index contributed by atoms with van der Waals surface area (Å²) in [7, 11) is 1.49. The number of nitrogens with zero attached hydrogens (tertiary/aromatic N) is 1. The minimum absolute atomic E-state index is 0.229. The molecule has 1 aromatic rings. The minimum Gasteiger partial charge on any atom is -0.341 e. The van der Waals surface area contributed by atoms with Crippen LogP contribution in [0.15, 0.2) is 30.3 Å². The van der Waals surface area contributed by atoms with E-state index in [1.807, 2.05) is 6.07 Å². The second-order valence-corrected chi connectivity index (χ2v) is 5.07. The second kappa shape index (κ2) is 7.05. The molecule has 20 heavy (non-hydrogen) atoms. The minimum atomic E-state index is -0.446. The Balaban J connectivity index is 1.74. The first kappa shape index (κ1) is 14.5. The lowest BCUT2D eigenvalue weighted by Gasteiger charge is -2.15. The van der Waals surface area contributed by atoms with Gasteiger partial charge in [0.2, 0.25) is 5.91 Å². The number of imide groups is 1. The molecule has 0 bridgehead atoms. The molecule has 0 aromatic heterocycles. The first-order valence-electron chi connectivity index (χ1n) is 6.98. The number of amides is 3. The van der Waals surface area contributed by atoms with Crippen molar-refractivity contribution in [2.75, 3.05) is 26.7 Å². The molecule has 2 N–H and O–H groups in total. The lowest BCUT2D eigenvalue weighted by molar-refractivity contribution is -0.120. The molecule has 2 rings (SSSR count). The molecule has 0 aliphatic carbocycles. The molecule has 1 heterocycles. The van der Waals surface area contributed by atoms with Crippen LogP contribution in [0.25, 0.3) is 0 Å². The molecule has 0 unspecified atom stereocenters. The first-order chi connectivity index (χ1) is 9.69. The number of likely N-dealkylation sites (tertiary alicyclic amines) is 1. The maximum atomic E-state index is 11.5. The van der Waals surface area contributed by atoms with E-state index >= 15 is 0 Å². The maximum Gasteiger partial charge on any atom is 0.321 e. The van der Waals surface area contributed by atoms with Crippen molar-refractivity contribution in [1.29, 1.82) is 0 Å². The van der Waals surface area contributed by atoms with Crippen molar-refractivity contribution in [1.82, 2.24) is 15.5 Å². The van der Waals surface area contributed by atoms with Crippen molar-refractivity contribution in [3.05, 3.63) is 35.9 Å². The third-order valence-corrected chi connectivity index (χ3v) is 3.68. The number of hydrogen-bond acceptors (Lipinski definition) is 3. The highest BCUT2D eigenvalue weighted by Gasteiger charge is 2.23. The molecular weight excluding hydrogens is 254 g/mol. The van der Waals surface area contributed by atoms with Gasteiger partial charge >= 0.3 is 6.03 Å².